The van der Waals surface area contributed by atoms with Gasteiger partial charge in [0.1, 0.15) is 25.6 Å². The van der Waals surface area contributed by atoms with Crippen LogP contribution in [0.15, 0.2) is 53.4 Å². The molecule has 0 spiro atoms. The third-order valence-corrected chi connectivity index (χ3v) is 7.04. The molecule has 5 rings (SSSR count). The number of hydrogen-bond donors (Lipinski definition) is 0. The van der Waals surface area contributed by atoms with E-state index in [9.17, 15) is 9.59 Å². The molecular weight excluding hydrogens is 488 g/mol. The summed E-state index contributed by atoms with van der Waals surface area (Å²) in [5.74, 6) is 1.63. The lowest BCUT2D eigenvalue weighted by Crippen LogP contribution is -2.32. The van der Waals surface area contributed by atoms with E-state index in [1.54, 1.807) is 24.3 Å². The molecule has 180 valence electrons. The lowest BCUT2D eigenvalue weighted by atomic mass is 10.2. The van der Waals surface area contributed by atoms with Crippen molar-refractivity contribution in [3.8, 4) is 22.9 Å². The van der Waals surface area contributed by atoms with Crippen LogP contribution < -0.4 is 14.2 Å². The van der Waals surface area contributed by atoms with Crippen molar-refractivity contribution in [2.75, 3.05) is 26.4 Å². The Labute approximate surface area is 212 Å². The number of fused-ring (bicyclic) bond motifs is 1. The van der Waals surface area contributed by atoms with Crippen LogP contribution in [-0.4, -0.2) is 47.0 Å². The van der Waals surface area contributed by atoms with Crippen molar-refractivity contribution in [1.29, 1.82) is 0 Å². The third-order valence-electron chi connectivity index (χ3n) is 5.82. The predicted molar refractivity (Wildman–Crippen MR) is 136 cm³/mol. The maximum atomic E-state index is 13.0. The number of benzene rings is 2. The number of hydrogen-bond acceptors (Lipinski definition) is 6. The Balaban J connectivity index is 1.33. The monoisotopic (exact) mass is 510 g/mol. The summed E-state index contributed by atoms with van der Waals surface area (Å²) in [5.41, 5.74) is 3.76. The lowest BCUT2D eigenvalue weighted by molar-refractivity contribution is -0.123. The van der Waals surface area contributed by atoms with Gasteiger partial charge in [-0.3, -0.25) is 14.5 Å². The highest BCUT2D eigenvalue weighted by Crippen LogP contribution is 2.36. The Morgan fingerprint density at radius 3 is 2.63 bits per heavy atom. The van der Waals surface area contributed by atoms with Crippen LogP contribution in [0, 0.1) is 13.8 Å². The van der Waals surface area contributed by atoms with Crippen LogP contribution in [0.2, 0.25) is 5.02 Å². The van der Waals surface area contributed by atoms with Crippen LogP contribution in [0.3, 0.4) is 0 Å². The molecule has 0 bridgehead atoms. The SMILES string of the molecule is Cc1cc(/C=C2\SC(=O)N(CCOc3ccccc3Cl)C2=O)c(C)n1-c1ccc2c(c1)OCCO2. The number of thioether (sulfide) groups is 1. The number of amides is 2. The van der Waals surface area contributed by atoms with E-state index >= 15 is 0 Å². The van der Waals surface area contributed by atoms with Crippen molar-refractivity contribution in [2.24, 2.45) is 0 Å². The van der Waals surface area contributed by atoms with Crippen LogP contribution in [-0.2, 0) is 4.79 Å². The molecule has 0 unspecified atom stereocenters. The van der Waals surface area contributed by atoms with Crippen LogP contribution in [0.5, 0.6) is 17.2 Å². The fourth-order valence-electron chi connectivity index (χ4n) is 4.14. The summed E-state index contributed by atoms with van der Waals surface area (Å²) < 4.78 is 19.1. The number of para-hydroxylation sites is 1. The van der Waals surface area contributed by atoms with Crippen molar-refractivity contribution in [2.45, 2.75) is 13.8 Å². The zero-order chi connectivity index (χ0) is 24.5. The minimum absolute atomic E-state index is 0.142. The van der Waals surface area contributed by atoms with Gasteiger partial charge < -0.3 is 18.8 Å². The standard InChI is InChI=1S/C26H23ClN2O5S/c1-16-13-18(17(2)29(16)19-7-8-22-23(15-19)34-12-11-33-22)14-24-25(30)28(26(31)35-24)9-10-32-21-6-4-3-5-20(21)27/h3-8,13-15H,9-12H2,1-2H3/b24-14-. The Bertz CT molecular complexity index is 1350. The van der Waals surface area contributed by atoms with E-state index in [1.807, 2.05) is 44.2 Å². The van der Waals surface area contributed by atoms with Gasteiger partial charge in [0, 0.05) is 23.1 Å². The third kappa shape index (κ3) is 4.63. The molecule has 2 aliphatic rings. The fourth-order valence-corrected chi connectivity index (χ4v) is 5.19. The summed E-state index contributed by atoms with van der Waals surface area (Å²) in [6, 6.07) is 14.9. The number of aromatic nitrogens is 1. The molecule has 2 aliphatic heterocycles. The Morgan fingerprint density at radius 1 is 1.06 bits per heavy atom. The van der Waals surface area contributed by atoms with Gasteiger partial charge in [-0.25, -0.2) is 0 Å². The second-order valence-corrected chi connectivity index (χ2v) is 9.50. The second kappa shape index (κ2) is 9.71. The van der Waals surface area contributed by atoms with E-state index in [-0.39, 0.29) is 24.3 Å². The second-order valence-electron chi connectivity index (χ2n) is 8.10. The van der Waals surface area contributed by atoms with Crippen LogP contribution in [0.4, 0.5) is 4.79 Å². The lowest BCUT2D eigenvalue weighted by Gasteiger charge is -2.20. The fraction of sp³-hybridized carbons (Fsp3) is 0.231. The van der Waals surface area contributed by atoms with Crippen molar-refractivity contribution in [3.05, 3.63) is 75.4 Å². The molecule has 2 amide bonds. The molecule has 7 nitrogen and oxygen atoms in total. The average molecular weight is 511 g/mol. The van der Waals surface area contributed by atoms with Crippen molar-refractivity contribution >= 4 is 40.6 Å². The number of carbonyl (C=O) groups excluding carboxylic acids is 2. The summed E-state index contributed by atoms with van der Waals surface area (Å²) >= 11 is 7.03. The van der Waals surface area contributed by atoms with E-state index < -0.39 is 0 Å². The Hall–Kier alpha value is -3.36. The largest absolute Gasteiger partial charge is 0.490 e. The van der Waals surface area contributed by atoms with E-state index in [0.717, 1.165) is 40.2 Å². The van der Waals surface area contributed by atoms with E-state index in [1.165, 1.54) is 4.90 Å². The molecule has 0 radical (unpaired) electrons. The molecule has 0 aliphatic carbocycles. The van der Waals surface area contributed by atoms with E-state index in [4.69, 9.17) is 25.8 Å². The highest BCUT2D eigenvalue weighted by molar-refractivity contribution is 8.18. The van der Waals surface area contributed by atoms with Crippen LogP contribution in [0.25, 0.3) is 11.8 Å². The predicted octanol–water partition coefficient (Wildman–Crippen LogP) is 5.63. The number of ether oxygens (including phenoxy) is 3. The minimum Gasteiger partial charge on any atom is -0.490 e. The van der Waals surface area contributed by atoms with Crippen LogP contribution in [0.1, 0.15) is 17.0 Å². The van der Waals surface area contributed by atoms with Gasteiger partial charge in [-0.15, -0.1) is 0 Å². The topological polar surface area (TPSA) is 70.0 Å². The van der Waals surface area contributed by atoms with Crippen molar-refractivity contribution in [1.82, 2.24) is 9.47 Å². The van der Waals surface area contributed by atoms with Crippen molar-refractivity contribution in [3.63, 3.8) is 0 Å². The quantitative estimate of drug-likeness (QED) is 0.400. The smallest absolute Gasteiger partial charge is 0.293 e. The summed E-state index contributed by atoms with van der Waals surface area (Å²) in [4.78, 5) is 27.1. The highest BCUT2D eigenvalue weighted by atomic mass is 35.5. The molecule has 0 N–H and O–H groups in total. The van der Waals surface area contributed by atoms with E-state index in [2.05, 4.69) is 4.57 Å². The highest BCUT2D eigenvalue weighted by Gasteiger charge is 2.35. The first kappa shape index (κ1) is 23.4. The Morgan fingerprint density at radius 2 is 1.83 bits per heavy atom. The minimum atomic E-state index is -0.327. The zero-order valence-electron chi connectivity index (χ0n) is 19.2. The zero-order valence-corrected chi connectivity index (χ0v) is 20.8. The van der Waals surface area contributed by atoms with Gasteiger partial charge in [0.15, 0.2) is 11.5 Å². The van der Waals surface area contributed by atoms with Gasteiger partial charge in [-0.2, -0.15) is 0 Å². The summed E-state index contributed by atoms with van der Waals surface area (Å²) in [7, 11) is 0. The number of halogens is 1. The van der Waals surface area contributed by atoms with Gasteiger partial charge in [0.2, 0.25) is 0 Å². The first-order chi connectivity index (χ1) is 16.9. The number of nitrogens with zero attached hydrogens (tertiary/aromatic N) is 2. The maximum Gasteiger partial charge on any atom is 0.293 e. The number of carbonyl (C=O) groups is 2. The van der Waals surface area contributed by atoms with Gasteiger partial charge >= 0.3 is 0 Å². The molecule has 35 heavy (non-hydrogen) atoms. The number of rotatable bonds is 6. The molecular formula is C26H23ClN2O5S. The number of aryl methyl sites for hydroxylation is 1. The maximum absolute atomic E-state index is 13.0. The molecule has 1 saturated heterocycles. The average Bonchev–Trinajstić information content (AvgIpc) is 3.28. The summed E-state index contributed by atoms with van der Waals surface area (Å²) in [6.45, 7) is 5.34. The van der Waals surface area contributed by atoms with Gasteiger partial charge in [-0.1, -0.05) is 23.7 Å². The molecule has 1 fully saturated rings. The summed E-state index contributed by atoms with van der Waals surface area (Å²) in [5, 5.41) is 0.166. The van der Waals surface area contributed by atoms with E-state index in [0.29, 0.717) is 34.6 Å². The molecule has 3 heterocycles. The normalized spacial score (nSPS) is 16.3. The first-order valence-corrected chi connectivity index (χ1v) is 12.3. The molecule has 0 atom stereocenters. The number of imide groups is 1. The molecule has 1 aromatic heterocycles. The summed E-state index contributed by atoms with van der Waals surface area (Å²) in [6.07, 6.45) is 1.77. The van der Waals surface area contributed by atoms with Gasteiger partial charge in [0.25, 0.3) is 11.1 Å². The van der Waals surface area contributed by atoms with Crippen molar-refractivity contribution < 1.29 is 23.8 Å². The molecule has 0 saturated carbocycles. The Kier molecular flexibility index (Phi) is 6.49. The molecule has 2 aromatic carbocycles. The first-order valence-electron chi connectivity index (χ1n) is 11.1. The molecule has 3 aromatic rings. The van der Waals surface area contributed by atoms with Gasteiger partial charge in [-0.05, 0) is 67.6 Å². The molecule has 9 heteroatoms. The van der Waals surface area contributed by atoms with Crippen LogP contribution >= 0.6 is 23.4 Å². The van der Waals surface area contributed by atoms with Gasteiger partial charge in [0.05, 0.1) is 16.5 Å².